The van der Waals surface area contributed by atoms with Crippen molar-refractivity contribution in [2.45, 2.75) is 18.9 Å². The summed E-state index contributed by atoms with van der Waals surface area (Å²) in [5.74, 6) is 0.977. The molecule has 0 bridgehead atoms. The fraction of sp³-hybridized carbons (Fsp3) is 0.444. The van der Waals surface area contributed by atoms with Gasteiger partial charge in [0.05, 0.1) is 6.04 Å². The molecular formula is C9H10BrN5. The summed E-state index contributed by atoms with van der Waals surface area (Å²) in [5, 5.41) is 11.8. The molecule has 0 saturated carbocycles. The predicted octanol–water partition coefficient (Wildman–Crippen LogP) is 1.31. The molecule has 0 amide bonds. The molecule has 1 aliphatic rings. The predicted molar refractivity (Wildman–Crippen MR) is 58.5 cm³/mol. The van der Waals surface area contributed by atoms with Gasteiger partial charge in [0, 0.05) is 12.4 Å². The average Bonchev–Trinajstić information content (AvgIpc) is 2.85. The second-order valence-corrected chi connectivity index (χ2v) is 4.37. The molecule has 0 aliphatic carbocycles. The van der Waals surface area contributed by atoms with Gasteiger partial charge in [-0.15, -0.1) is 10.2 Å². The minimum absolute atomic E-state index is 0.328. The molecule has 15 heavy (non-hydrogen) atoms. The lowest BCUT2D eigenvalue weighted by atomic mass is 10.2. The highest BCUT2D eigenvalue weighted by molar-refractivity contribution is 9.10. The van der Waals surface area contributed by atoms with Gasteiger partial charge >= 0.3 is 0 Å². The van der Waals surface area contributed by atoms with E-state index in [1.54, 1.807) is 6.20 Å². The van der Waals surface area contributed by atoms with Crippen molar-refractivity contribution >= 4 is 21.6 Å². The minimum Gasteiger partial charge on any atom is -0.307 e. The monoisotopic (exact) mass is 267 g/mol. The van der Waals surface area contributed by atoms with E-state index in [2.05, 4.69) is 36.4 Å². The van der Waals surface area contributed by atoms with Crippen LogP contribution in [0.1, 0.15) is 24.7 Å². The number of rotatable bonds is 1. The lowest BCUT2D eigenvalue weighted by Gasteiger charge is -2.07. The van der Waals surface area contributed by atoms with Crippen LogP contribution in [0.5, 0.6) is 0 Å². The Kier molecular flexibility index (Phi) is 2.17. The average molecular weight is 268 g/mol. The molecule has 1 fully saturated rings. The lowest BCUT2D eigenvalue weighted by molar-refractivity contribution is 0.598. The molecule has 1 aliphatic heterocycles. The summed E-state index contributed by atoms with van der Waals surface area (Å²) in [5.41, 5.74) is 0.779. The van der Waals surface area contributed by atoms with Gasteiger partial charge in [-0.1, -0.05) is 0 Å². The van der Waals surface area contributed by atoms with E-state index in [0.29, 0.717) is 6.04 Å². The Balaban J connectivity index is 2.15. The van der Waals surface area contributed by atoms with Crippen LogP contribution >= 0.6 is 15.9 Å². The Hall–Kier alpha value is -1.01. The maximum Gasteiger partial charge on any atom is 0.194 e. The van der Waals surface area contributed by atoms with E-state index in [4.69, 9.17) is 0 Å². The molecule has 1 N–H and O–H groups in total. The zero-order valence-corrected chi connectivity index (χ0v) is 9.61. The number of fused-ring (bicyclic) bond motifs is 1. The van der Waals surface area contributed by atoms with Crippen LogP contribution in [0.3, 0.4) is 0 Å². The maximum absolute atomic E-state index is 4.22. The molecule has 0 aromatic carbocycles. The van der Waals surface area contributed by atoms with Crippen molar-refractivity contribution in [3.8, 4) is 0 Å². The minimum atomic E-state index is 0.328. The second kappa shape index (κ2) is 3.53. The number of hydrogen-bond acceptors (Lipinski definition) is 4. The SMILES string of the molecule is Brc1nccn2c(C3CCCN3)nnc12. The quantitative estimate of drug-likeness (QED) is 0.847. The molecule has 1 saturated heterocycles. The van der Waals surface area contributed by atoms with Crippen LogP contribution in [-0.4, -0.2) is 26.1 Å². The second-order valence-electron chi connectivity index (χ2n) is 3.62. The maximum atomic E-state index is 4.22. The highest BCUT2D eigenvalue weighted by Gasteiger charge is 2.21. The molecule has 3 rings (SSSR count). The molecule has 2 aromatic heterocycles. The number of aromatic nitrogens is 4. The topological polar surface area (TPSA) is 55.1 Å². The number of nitrogens with zero attached hydrogens (tertiary/aromatic N) is 4. The van der Waals surface area contributed by atoms with E-state index in [-0.39, 0.29) is 0 Å². The van der Waals surface area contributed by atoms with Gasteiger partial charge in [-0.2, -0.15) is 0 Å². The Bertz CT molecular complexity index is 488. The summed E-state index contributed by atoms with van der Waals surface area (Å²) in [6.07, 6.45) is 5.97. The van der Waals surface area contributed by atoms with Gasteiger partial charge in [0.25, 0.3) is 0 Å². The highest BCUT2D eigenvalue weighted by Crippen LogP contribution is 2.23. The van der Waals surface area contributed by atoms with Crippen LogP contribution in [0.4, 0.5) is 0 Å². The molecule has 5 nitrogen and oxygen atoms in total. The molecular weight excluding hydrogens is 258 g/mol. The fourth-order valence-electron chi connectivity index (χ4n) is 1.96. The van der Waals surface area contributed by atoms with E-state index < -0.39 is 0 Å². The number of hydrogen-bond donors (Lipinski definition) is 1. The Morgan fingerprint density at radius 1 is 1.47 bits per heavy atom. The Labute approximate surface area is 95.0 Å². The zero-order chi connectivity index (χ0) is 10.3. The van der Waals surface area contributed by atoms with Crippen molar-refractivity contribution in [3.63, 3.8) is 0 Å². The standard InChI is InChI=1S/C9H10BrN5/c10-7-9-14-13-8(6-2-1-3-11-6)15(9)5-4-12-7/h4-6,11H,1-3H2. The molecule has 78 valence electrons. The summed E-state index contributed by atoms with van der Waals surface area (Å²) in [4.78, 5) is 4.12. The van der Waals surface area contributed by atoms with E-state index >= 15 is 0 Å². The summed E-state index contributed by atoms with van der Waals surface area (Å²) < 4.78 is 2.72. The van der Waals surface area contributed by atoms with Crippen molar-refractivity contribution in [2.24, 2.45) is 0 Å². The van der Waals surface area contributed by atoms with E-state index in [0.717, 1.165) is 29.0 Å². The van der Waals surface area contributed by atoms with E-state index in [1.807, 2.05) is 10.6 Å². The normalized spacial score (nSPS) is 21.3. The van der Waals surface area contributed by atoms with Crippen LogP contribution in [-0.2, 0) is 0 Å². The largest absolute Gasteiger partial charge is 0.307 e. The van der Waals surface area contributed by atoms with Crippen molar-refractivity contribution in [1.29, 1.82) is 0 Å². The van der Waals surface area contributed by atoms with Gasteiger partial charge in [-0.25, -0.2) is 4.98 Å². The van der Waals surface area contributed by atoms with Crippen LogP contribution in [0.15, 0.2) is 17.0 Å². The van der Waals surface area contributed by atoms with E-state index in [1.165, 1.54) is 6.42 Å². The Morgan fingerprint density at radius 2 is 2.40 bits per heavy atom. The third-order valence-electron chi connectivity index (χ3n) is 2.68. The third kappa shape index (κ3) is 1.44. The van der Waals surface area contributed by atoms with Crippen molar-refractivity contribution in [3.05, 3.63) is 22.8 Å². The molecule has 0 spiro atoms. The molecule has 1 unspecified atom stereocenters. The zero-order valence-electron chi connectivity index (χ0n) is 8.02. The van der Waals surface area contributed by atoms with E-state index in [9.17, 15) is 0 Å². The van der Waals surface area contributed by atoms with Gasteiger partial charge in [-0.05, 0) is 35.3 Å². The van der Waals surface area contributed by atoms with Crippen molar-refractivity contribution < 1.29 is 0 Å². The first kappa shape index (κ1) is 9.23. The molecule has 0 radical (unpaired) electrons. The summed E-state index contributed by atoms with van der Waals surface area (Å²) in [7, 11) is 0. The molecule has 6 heteroatoms. The summed E-state index contributed by atoms with van der Waals surface area (Å²) in [6.45, 7) is 1.06. The first-order valence-electron chi connectivity index (χ1n) is 4.95. The molecule has 3 heterocycles. The first-order chi connectivity index (χ1) is 7.36. The number of nitrogens with one attached hydrogen (secondary N) is 1. The highest BCUT2D eigenvalue weighted by atomic mass is 79.9. The van der Waals surface area contributed by atoms with Crippen molar-refractivity contribution in [1.82, 2.24) is 24.9 Å². The molecule has 1 atom stereocenters. The van der Waals surface area contributed by atoms with Gasteiger partial charge in [-0.3, -0.25) is 4.40 Å². The first-order valence-corrected chi connectivity index (χ1v) is 5.74. The van der Waals surface area contributed by atoms with Gasteiger partial charge < -0.3 is 5.32 Å². The smallest absolute Gasteiger partial charge is 0.194 e. The summed E-state index contributed by atoms with van der Waals surface area (Å²) >= 11 is 3.36. The Morgan fingerprint density at radius 3 is 3.20 bits per heavy atom. The van der Waals surface area contributed by atoms with Gasteiger partial charge in [0.15, 0.2) is 16.1 Å². The lowest BCUT2D eigenvalue weighted by Crippen LogP contribution is -2.15. The molecule has 2 aromatic rings. The van der Waals surface area contributed by atoms with Crippen LogP contribution in [0.2, 0.25) is 0 Å². The fourth-order valence-corrected chi connectivity index (χ4v) is 2.35. The van der Waals surface area contributed by atoms with Crippen LogP contribution in [0.25, 0.3) is 5.65 Å². The van der Waals surface area contributed by atoms with Crippen molar-refractivity contribution in [2.75, 3.05) is 6.54 Å². The van der Waals surface area contributed by atoms with Crippen LogP contribution < -0.4 is 5.32 Å². The van der Waals surface area contributed by atoms with Gasteiger partial charge in [0.2, 0.25) is 0 Å². The third-order valence-corrected chi connectivity index (χ3v) is 3.24. The van der Waals surface area contributed by atoms with Gasteiger partial charge in [0.1, 0.15) is 0 Å². The van der Waals surface area contributed by atoms with Crippen LogP contribution in [0, 0.1) is 0 Å². The number of halogens is 1. The summed E-state index contributed by atoms with van der Waals surface area (Å²) in [6, 6.07) is 0.328.